The van der Waals surface area contributed by atoms with Crippen molar-refractivity contribution >= 4 is 5.97 Å². The Morgan fingerprint density at radius 1 is 1.09 bits per heavy atom. The molecule has 0 saturated carbocycles. The van der Waals surface area contributed by atoms with Crippen LogP contribution in [0.5, 0.6) is 11.5 Å². The zero-order valence-electron chi connectivity index (χ0n) is 12.4. The molecular weight excluding hydrogens is 296 g/mol. The number of benzene rings is 2. The maximum atomic E-state index is 12.0. The molecular formula is C18H18O5. The number of esters is 1. The average molecular weight is 314 g/mol. The highest BCUT2D eigenvalue weighted by Gasteiger charge is 2.42. The van der Waals surface area contributed by atoms with E-state index in [1.54, 1.807) is 30.3 Å². The minimum absolute atomic E-state index is 0.0393. The van der Waals surface area contributed by atoms with Gasteiger partial charge in [0.05, 0.1) is 18.6 Å². The van der Waals surface area contributed by atoms with Crippen LogP contribution in [-0.4, -0.2) is 27.9 Å². The van der Waals surface area contributed by atoms with Gasteiger partial charge in [-0.15, -0.1) is 0 Å². The van der Waals surface area contributed by atoms with Gasteiger partial charge in [-0.2, -0.15) is 0 Å². The summed E-state index contributed by atoms with van der Waals surface area (Å²) in [5, 5.41) is 29.7. The van der Waals surface area contributed by atoms with Gasteiger partial charge in [0.25, 0.3) is 0 Å². The molecule has 1 heterocycles. The molecule has 1 unspecified atom stereocenters. The molecule has 120 valence electrons. The Hall–Kier alpha value is -2.53. The number of hydrogen-bond acceptors (Lipinski definition) is 5. The van der Waals surface area contributed by atoms with Crippen molar-refractivity contribution in [3.63, 3.8) is 0 Å². The molecule has 0 amide bonds. The monoisotopic (exact) mass is 314 g/mol. The lowest BCUT2D eigenvalue weighted by Crippen LogP contribution is -2.25. The van der Waals surface area contributed by atoms with Crippen LogP contribution in [0.15, 0.2) is 48.5 Å². The largest absolute Gasteiger partial charge is 0.508 e. The van der Waals surface area contributed by atoms with Gasteiger partial charge in [0.1, 0.15) is 11.5 Å². The van der Waals surface area contributed by atoms with E-state index in [9.17, 15) is 20.1 Å². The third-order valence-corrected chi connectivity index (χ3v) is 4.18. The highest BCUT2D eigenvalue weighted by Crippen LogP contribution is 2.36. The second-order valence-corrected chi connectivity index (χ2v) is 5.83. The van der Waals surface area contributed by atoms with E-state index in [-0.39, 0.29) is 24.0 Å². The van der Waals surface area contributed by atoms with Crippen molar-refractivity contribution in [1.29, 1.82) is 0 Å². The molecule has 3 atom stereocenters. The van der Waals surface area contributed by atoms with Gasteiger partial charge in [-0.1, -0.05) is 24.3 Å². The molecule has 5 nitrogen and oxygen atoms in total. The van der Waals surface area contributed by atoms with Gasteiger partial charge in [-0.3, -0.25) is 4.79 Å². The van der Waals surface area contributed by atoms with Crippen molar-refractivity contribution in [2.24, 2.45) is 11.8 Å². The van der Waals surface area contributed by atoms with Gasteiger partial charge in [0, 0.05) is 5.92 Å². The summed E-state index contributed by atoms with van der Waals surface area (Å²) < 4.78 is 5.13. The Balaban J connectivity index is 1.82. The van der Waals surface area contributed by atoms with Crippen LogP contribution in [0.4, 0.5) is 0 Å². The third kappa shape index (κ3) is 3.29. The summed E-state index contributed by atoms with van der Waals surface area (Å²) in [6.07, 6.45) is -0.528. The van der Waals surface area contributed by atoms with Crippen LogP contribution in [-0.2, 0) is 16.0 Å². The van der Waals surface area contributed by atoms with Crippen LogP contribution in [0, 0.1) is 11.8 Å². The van der Waals surface area contributed by atoms with E-state index >= 15 is 0 Å². The van der Waals surface area contributed by atoms with Crippen LogP contribution in [0.2, 0.25) is 0 Å². The molecule has 2 aromatic rings. The summed E-state index contributed by atoms with van der Waals surface area (Å²) in [4.78, 5) is 12.0. The van der Waals surface area contributed by atoms with E-state index < -0.39 is 18.0 Å². The maximum Gasteiger partial charge on any atom is 0.312 e. The fraction of sp³-hybridized carbons (Fsp3) is 0.278. The van der Waals surface area contributed by atoms with Crippen molar-refractivity contribution in [1.82, 2.24) is 0 Å². The molecule has 1 aliphatic rings. The number of carbonyl (C=O) groups excluding carboxylic acids is 1. The smallest absolute Gasteiger partial charge is 0.312 e. The SMILES string of the molecule is O=C1OC[C@H](Cc2cccc(O)c2)[C@H]1C(O)c1cccc(O)c1. The molecule has 1 fully saturated rings. The van der Waals surface area contributed by atoms with Crippen molar-refractivity contribution in [3.05, 3.63) is 59.7 Å². The summed E-state index contributed by atoms with van der Waals surface area (Å²) >= 11 is 0. The van der Waals surface area contributed by atoms with Crippen LogP contribution in [0.25, 0.3) is 0 Å². The number of aromatic hydroxyl groups is 2. The summed E-state index contributed by atoms with van der Waals surface area (Å²) in [6, 6.07) is 13.1. The predicted octanol–water partition coefficient (Wildman–Crippen LogP) is 2.16. The number of cyclic esters (lactones) is 1. The van der Waals surface area contributed by atoms with Gasteiger partial charge in [-0.05, 0) is 41.8 Å². The minimum Gasteiger partial charge on any atom is -0.508 e. The second-order valence-electron chi connectivity index (χ2n) is 5.83. The Kier molecular flexibility index (Phi) is 4.21. The molecule has 1 aliphatic heterocycles. The van der Waals surface area contributed by atoms with Crippen molar-refractivity contribution in [2.75, 3.05) is 6.61 Å². The third-order valence-electron chi connectivity index (χ3n) is 4.18. The summed E-state index contributed by atoms with van der Waals surface area (Å²) in [5.74, 6) is -1.12. The Labute approximate surface area is 133 Å². The number of aliphatic hydroxyl groups is 1. The van der Waals surface area contributed by atoms with E-state index in [1.807, 2.05) is 6.07 Å². The van der Waals surface area contributed by atoms with E-state index in [2.05, 4.69) is 0 Å². The van der Waals surface area contributed by atoms with Crippen LogP contribution in [0.1, 0.15) is 17.2 Å². The van der Waals surface area contributed by atoms with Crippen LogP contribution < -0.4 is 0 Å². The first-order chi connectivity index (χ1) is 11.0. The number of phenols is 2. The van der Waals surface area contributed by atoms with Gasteiger partial charge >= 0.3 is 5.97 Å². The molecule has 23 heavy (non-hydrogen) atoms. The van der Waals surface area contributed by atoms with Gasteiger partial charge in [0.2, 0.25) is 0 Å². The van der Waals surface area contributed by atoms with Crippen LogP contribution in [0.3, 0.4) is 0 Å². The van der Waals surface area contributed by atoms with E-state index in [1.165, 1.54) is 12.1 Å². The summed E-state index contributed by atoms with van der Waals surface area (Å²) in [6.45, 7) is 0.231. The normalized spacial score (nSPS) is 21.9. The number of aliphatic hydroxyl groups excluding tert-OH is 1. The Morgan fingerprint density at radius 2 is 1.78 bits per heavy atom. The highest BCUT2D eigenvalue weighted by atomic mass is 16.5. The minimum atomic E-state index is -1.04. The maximum absolute atomic E-state index is 12.0. The zero-order chi connectivity index (χ0) is 16.4. The van der Waals surface area contributed by atoms with E-state index in [0.717, 1.165) is 5.56 Å². The lowest BCUT2D eigenvalue weighted by Gasteiger charge is -2.21. The lowest BCUT2D eigenvalue weighted by molar-refractivity contribution is -0.144. The molecule has 0 aromatic heterocycles. The van der Waals surface area contributed by atoms with E-state index in [4.69, 9.17) is 4.74 Å². The van der Waals surface area contributed by atoms with Gasteiger partial charge in [-0.25, -0.2) is 0 Å². The zero-order valence-corrected chi connectivity index (χ0v) is 12.4. The van der Waals surface area contributed by atoms with Crippen molar-refractivity contribution in [2.45, 2.75) is 12.5 Å². The predicted molar refractivity (Wildman–Crippen MR) is 82.8 cm³/mol. The van der Waals surface area contributed by atoms with Gasteiger partial charge in [0.15, 0.2) is 0 Å². The summed E-state index contributed by atoms with van der Waals surface area (Å²) in [5.41, 5.74) is 1.36. The Bertz CT molecular complexity index is 712. The number of phenolic OH excluding ortho intramolecular Hbond substituents is 2. The number of ether oxygens (including phenoxy) is 1. The topological polar surface area (TPSA) is 87.0 Å². The first-order valence-electron chi connectivity index (χ1n) is 7.46. The number of carbonyl (C=O) groups is 1. The lowest BCUT2D eigenvalue weighted by atomic mass is 9.83. The first-order valence-corrected chi connectivity index (χ1v) is 7.46. The number of hydrogen-bond donors (Lipinski definition) is 3. The molecule has 2 aromatic carbocycles. The molecule has 5 heteroatoms. The molecule has 0 radical (unpaired) electrons. The van der Waals surface area contributed by atoms with E-state index in [0.29, 0.717) is 12.0 Å². The molecule has 0 bridgehead atoms. The number of rotatable bonds is 4. The first kappa shape index (κ1) is 15.4. The Morgan fingerprint density at radius 3 is 2.48 bits per heavy atom. The molecule has 3 N–H and O–H groups in total. The standard InChI is InChI=1S/C18H18O5/c19-14-5-1-3-11(8-14)7-13-10-23-18(22)16(13)17(21)12-4-2-6-15(20)9-12/h1-6,8-9,13,16-17,19-21H,7,10H2/t13-,16-,17?/m0/s1. The van der Waals surface area contributed by atoms with Gasteiger partial charge < -0.3 is 20.1 Å². The average Bonchev–Trinajstić information content (AvgIpc) is 2.87. The molecule has 0 aliphatic carbocycles. The fourth-order valence-electron chi connectivity index (χ4n) is 3.06. The molecule has 1 saturated heterocycles. The van der Waals surface area contributed by atoms with Crippen LogP contribution >= 0.6 is 0 Å². The quantitative estimate of drug-likeness (QED) is 0.753. The molecule has 3 rings (SSSR count). The van der Waals surface area contributed by atoms with Crippen molar-refractivity contribution in [3.8, 4) is 11.5 Å². The fourth-order valence-corrected chi connectivity index (χ4v) is 3.06. The summed E-state index contributed by atoms with van der Waals surface area (Å²) in [7, 11) is 0. The molecule has 0 spiro atoms. The van der Waals surface area contributed by atoms with Crippen molar-refractivity contribution < 1.29 is 24.9 Å². The highest BCUT2D eigenvalue weighted by molar-refractivity contribution is 5.75. The second kappa shape index (κ2) is 6.30.